The van der Waals surface area contributed by atoms with Crippen LogP contribution in [0.3, 0.4) is 0 Å². The third-order valence-electron chi connectivity index (χ3n) is 4.98. The molecule has 3 heterocycles. The highest BCUT2D eigenvalue weighted by molar-refractivity contribution is 5.00. The molecule has 0 aliphatic carbocycles. The molecule has 0 amide bonds. The fraction of sp³-hybridized carbons (Fsp3) is 1.00. The van der Waals surface area contributed by atoms with Crippen LogP contribution < -0.4 is 0 Å². The summed E-state index contributed by atoms with van der Waals surface area (Å²) in [6.07, 6.45) is 4.34. The first kappa shape index (κ1) is 14.7. The zero-order valence-corrected chi connectivity index (χ0v) is 12.2. The van der Waals surface area contributed by atoms with Crippen LogP contribution in [0.4, 0.5) is 0 Å². The predicted octanol–water partition coefficient (Wildman–Crippen LogP) is 1.00. The van der Waals surface area contributed by atoms with Crippen LogP contribution in [0.25, 0.3) is 0 Å². The molecule has 0 radical (unpaired) electrons. The summed E-state index contributed by atoms with van der Waals surface area (Å²) in [6.45, 7) is 3.05. The maximum atomic E-state index is 10.2. The summed E-state index contributed by atoms with van der Waals surface area (Å²) in [5.74, 6) is 0. The third-order valence-corrected chi connectivity index (χ3v) is 4.98. The van der Waals surface area contributed by atoms with Gasteiger partial charge in [-0.05, 0) is 32.6 Å². The average molecular weight is 286 g/mol. The molecule has 3 aliphatic rings. The molecule has 0 unspecified atom stereocenters. The van der Waals surface area contributed by atoms with Crippen molar-refractivity contribution in [1.29, 1.82) is 0 Å². The van der Waals surface area contributed by atoms with Crippen LogP contribution in [-0.2, 0) is 14.2 Å². The number of rotatable bonds is 3. The minimum atomic E-state index is -0.489. The lowest BCUT2D eigenvalue weighted by atomic mass is 9.80. The van der Waals surface area contributed by atoms with Crippen molar-refractivity contribution in [3.63, 3.8) is 0 Å². The largest absolute Gasteiger partial charge is 0.396 e. The number of aliphatic hydroxyl groups is 2. The Balaban J connectivity index is 1.66. The standard InChI is InChI=1S/C15H26O5/c1-15-9-13-12(20-14(15)5-3-7-18-15)8-10(17)11(19-13)4-2-6-16/h10-14,16-17H,2-9H2,1H3/t10-,11+,12-,13+,14+,15-/m0/s1. The number of hydrogen-bond donors (Lipinski definition) is 2. The second-order valence-corrected chi connectivity index (χ2v) is 6.55. The Kier molecular flexibility index (Phi) is 4.34. The molecule has 0 aromatic carbocycles. The van der Waals surface area contributed by atoms with Crippen molar-refractivity contribution in [2.45, 2.75) is 81.6 Å². The lowest BCUT2D eigenvalue weighted by molar-refractivity contribution is -0.288. The number of hydrogen-bond acceptors (Lipinski definition) is 5. The molecule has 2 N–H and O–H groups in total. The van der Waals surface area contributed by atoms with Crippen LogP contribution >= 0.6 is 0 Å². The third kappa shape index (κ3) is 2.74. The van der Waals surface area contributed by atoms with Crippen LogP contribution in [0.5, 0.6) is 0 Å². The minimum Gasteiger partial charge on any atom is -0.396 e. The van der Waals surface area contributed by atoms with Gasteiger partial charge in [0.15, 0.2) is 0 Å². The molecular weight excluding hydrogens is 260 g/mol. The van der Waals surface area contributed by atoms with Crippen molar-refractivity contribution in [1.82, 2.24) is 0 Å². The fourth-order valence-electron chi connectivity index (χ4n) is 3.81. The molecule has 0 aromatic heterocycles. The van der Waals surface area contributed by atoms with E-state index in [0.717, 1.165) is 25.9 Å². The molecule has 0 spiro atoms. The van der Waals surface area contributed by atoms with Crippen LogP contribution in [0.1, 0.15) is 45.4 Å². The number of ether oxygens (including phenoxy) is 3. The number of fused-ring (bicyclic) bond motifs is 2. The molecule has 5 nitrogen and oxygen atoms in total. The summed E-state index contributed by atoms with van der Waals surface area (Å²) in [7, 11) is 0. The van der Waals surface area contributed by atoms with Crippen LogP contribution in [0, 0.1) is 0 Å². The van der Waals surface area contributed by atoms with Gasteiger partial charge < -0.3 is 24.4 Å². The van der Waals surface area contributed by atoms with E-state index in [9.17, 15) is 5.11 Å². The monoisotopic (exact) mass is 286 g/mol. The SMILES string of the molecule is C[C@]12C[C@H]3O[C@H](CCCO)[C@@H](O)C[C@@H]3O[C@@H]1CCCO2. The molecule has 5 heteroatoms. The maximum Gasteiger partial charge on any atom is 0.0940 e. The first-order valence-electron chi connectivity index (χ1n) is 7.86. The van der Waals surface area contributed by atoms with Crippen molar-refractivity contribution in [3.8, 4) is 0 Å². The Labute approximate surface area is 120 Å². The molecule has 3 saturated heterocycles. The lowest BCUT2D eigenvalue weighted by Gasteiger charge is -2.53. The molecule has 3 aliphatic heterocycles. The van der Waals surface area contributed by atoms with Gasteiger partial charge in [0.05, 0.1) is 36.1 Å². The second kappa shape index (κ2) is 5.89. The van der Waals surface area contributed by atoms with Gasteiger partial charge in [-0.3, -0.25) is 0 Å². The van der Waals surface area contributed by atoms with Crippen LogP contribution in [0.2, 0.25) is 0 Å². The van der Waals surface area contributed by atoms with E-state index in [0.29, 0.717) is 19.3 Å². The number of aliphatic hydroxyl groups excluding tert-OH is 2. The van der Waals surface area contributed by atoms with E-state index in [4.69, 9.17) is 19.3 Å². The maximum absolute atomic E-state index is 10.2. The first-order chi connectivity index (χ1) is 9.62. The highest BCUT2D eigenvalue weighted by Crippen LogP contribution is 2.42. The Morgan fingerprint density at radius 2 is 2.10 bits per heavy atom. The molecular formula is C15H26O5. The first-order valence-corrected chi connectivity index (χ1v) is 7.86. The van der Waals surface area contributed by atoms with Gasteiger partial charge in [-0.1, -0.05) is 0 Å². The summed E-state index contributed by atoms with van der Waals surface area (Å²) in [4.78, 5) is 0. The molecule has 0 bridgehead atoms. The quantitative estimate of drug-likeness (QED) is 0.810. The van der Waals surface area contributed by atoms with E-state index in [1.807, 2.05) is 0 Å². The van der Waals surface area contributed by atoms with Gasteiger partial charge in [-0.15, -0.1) is 0 Å². The molecule has 0 aromatic rings. The van der Waals surface area contributed by atoms with E-state index < -0.39 is 6.10 Å². The summed E-state index contributed by atoms with van der Waals surface area (Å²) in [5.41, 5.74) is -0.247. The van der Waals surface area contributed by atoms with Gasteiger partial charge in [0.2, 0.25) is 0 Å². The molecule has 3 fully saturated rings. The molecule has 116 valence electrons. The van der Waals surface area contributed by atoms with Crippen molar-refractivity contribution in [2.24, 2.45) is 0 Å². The highest BCUT2D eigenvalue weighted by atomic mass is 16.6. The zero-order chi connectivity index (χ0) is 14.2. The van der Waals surface area contributed by atoms with E-state index in [1.165, 1.54) is 0 Å². The van der Waals surface area contributed by atoms with Crippen molar-refractivity contribution < 1.29 is 24.4 Å². The molecule has 6 atom stereocenters. The van der Waals surface area contributed by atoms with Crippen molar-refractivity contribution >= 4 is 0 Å². The summed E-state index contributed by atoms with van der Waals surface area (Å²) >= 11 is 0. The molecule has 3 rings (SSSR count). The van der Waals surface area contributed by atoms with Gasteiger partial charge >= 0.3 is 0 Å². The van der Waals surface area contributed by atoms with Crippen molar-refractivity contribution in [2.75, 3.05) is 13.2 Å². The van der Waals surface area contributed by atoms with E-state index >= 15 is 0 Å². The lowest BCUT2D eigenvalue weighted by Crippen LogP contribution is -2.61. The minimum absolute atomic E-state index is 0.00134. The van der Waals surface area contributed by atoms with Gasteiger partial charge in [0.25, 0.3) is 0 Å². The summed E-state index contributed by atoms with van der Waals surface area (Å²) in [6, 6.07) is 0. The second-order valence-electron chi connectivity index (χ2n) is 6.55. The smallest absolute Gasteiger partial charge is 0.0940 e. The summed E-state index contributed by atoms with van der Waals surface area (Å²) in [5, 5.41) is 19.1. The zero-order valence-electron chi connectivity index (χ0n) is 12.2. The average Bonchev–Trinajstić information content (AvgIpc) is 2.43. The van der Waals surface area contributed by atoms with E-state index in [2.05, 4.69) is 6.92 Å². The van der Waals surface area contributed by atoms with Crippen LogP contribution in [-0.4, -0.2) is 59.5 Å². The van der Waals surface area contributed by atoms with Gasteiger partial charge in [-0.2, -0.15) is 0 Å². The van der Waals surface area contributed by atoms with E-state index in [1.54, 1.807) is 0 Å². The Morgan fingerprint density at radius 3 is 2.90 bits per heavy atom. The Hall–Kier alpha value is -0.200. The van der Waals surface area contributed by atoms with Gasteiger partial charge in [0, 0.05) is 26.1 Å². The van der Waals surface area contributed by atoms with Crippen molar-refractivity contribution in [3.05, 3.63) is 0 Å². The Bertz CT molecular complexity index is 336. The summed E-state index contributed by atoms with van der Waals surface area (Å²) < 4.78 is 18.2. The van der Waals surface area contributed by atoms with Gasteiger partial charge in [-0.25, -0.2) is 0 Å². The molecule has 20 heavy (non-hydrogen) atoms. The van der Waals surface area contributed by atoms with Crippen LogP contribution in [0.15, 0.2) is 0 Å². The topological polar surface area (TPSA) is 68.2 Å². The molecule has 0 saturated carbocycles. The predicted molar refractivity (Wildman–Crippen MR) is 72.5 cm³/mol. The van der Waals surface area contributed by atoms with Gasteiger partial charge in [0.1, 0.15) is 0 Å². The highest BCUT2D eigenvalue weighted by Gasteiger charge is 2.51. The van der Waals surface area contributed by atoms with E-state index in [-0.39, 0.29) is 36.6 Å². The fourth-order valence-corrected chi connectivity index (χ4v) is 3.81. The Morgan fingerprint density at radius 1 is 1.25 bits per heavy atom. The normalized spacial score (nSPS) is 48.5.